The van der Waals surface area contributed by atoms with E-state index in [-0.39, 0.29) is 12.6 Å². The second-order valence-corrected chi connectivity index (χ2v) is 5.45. The van der Waals surface area contributed by atoms with E-state index in [9.17, 15) is 4.79 Å². The molecule has 0 unspecified atom stereocenters. The van der Waals surface area contributed by atoms with Crippen LogP contribution in [0.2, 0.25) is 0 Å². The van der Waals surface area contributed by atoms with Gasteiger partial charge in [-0.3, -0.25) is 0 Å². The van der Waals surface area contributed by atoms with Crippen molar-refractivity contribution in [2.24, 2.45) is 0 Å². The van der Waals surface area contributed by atoms with E-state index in [0.29, 0.717) is 24.3 Å². The van der Waals surface area contributed by atoms with E-state index >= 15 is 0 Å². The smallest absolute Gasteiger partial charge is 0.340 e. The first kappa shape index (κ1) is 16.6. The van der Waals surface area contributed by atoms with Crippen LogP contribution in [0.15, 0.2) is 54.7 Å². The zero-order valence-electron chi connectivity index (χ0n) is 13.9. The van der Waals surface area contributed by atoms with Crippen LogP contribution in [0.5, 0.6) is 5.75 Å². The number of rotatable bonds is 6. The van der Waals surface area contributed by atoms with E-state index in [1.165, 1.54) is 0 Å². The van der Waals surface area contributed by atoms with Crippen molar-refractivity contribution in [3.63, 3.8) is 0 Å². The maximum absolute atomic E-state index is 12.6. The molecule has 0 aliphatic heterocycles. The summed E-state index contributed by atoms with van der Waals surface area (Å²) in [6.45, 7) is 2.26. The topological polar surface area (TPSA) is 63.7 Å². The first-order valence-electron chi connectivity index (χ1n) is 8.07. The molecule has 0 fully saturated rings. The van der Waals surface area contributed by atoms with E-state index in [4.69, 9.17) is 14.7 Å². The van der Waals surface area contributed by atoms with Crippen LogP contribution in [0.3, 0.4) is 0 Å². The molecule has 1 aromatic carbocycles. The summed E-state index contributed by atoms with van der Waals surface area (Å²) in [6.07, 6.45) is 6.47. The van der Waals surface area contributed by atoms with Crippen LogP contribution in [-0.2, 0) is 4.74 Å². The van der Waals surface area contributed by atoms with Crippen molar-refractivity contribution in [2.45, 2.75) is 13.3 Å². The lowest BCUT2D eigenvalue weighted by Gasteiger charge is -2.03. The van der Waals surface area contributed by atoms with Crippen LogP contribution in [0.4, 0.5) is 0 Å². The summed E-state index contributed by atoms with van der Waals surface area (Å²) in [5, 5.41) is 9.46. The Morgan fingerprint density at radius 1 is 1.28 bits per heavy atom. The summed E-state index contributed by atoms with van der Waals surface area (Å²) >= 11 is 0. The molecule has 5 nitrogen and oxygen atoms in total. The molecule has 0 amide bonds. The van der Waals surface area contributed by atoms with Gasteiger partial charge in [-0.25, -0.2) is 4.79 Å². The van der Waals surface area contributed by atoms with Gasteiger partial charge in [0.15, 0.2) is 6.61 Å². The van der Waals surface area contributed by atoms with Gasteiger partial charge in [-0.2, -0.15) is 5.26 Å². The van der Waals surface area contributed by atoms with Crippen LogP contribution in [-0.4, -0.2) is 23.6 Å². The number of allylic oxidation sites excluding steroid dienone is 1. The Bertz CT molecular complexity index is 980. The molecule has 0 aliphatic rings. The summed E-state index contributed by atoms with van der Waals surface area (Å²) in [6, 6.07) is 13.0. The van der Waals surface area contributed by atoms with Crippen LogP contribution in [0, 0.1) is 11.3 Å². The lowest BCUT2D eigenvalue weighted by Crippen LogP contribution is -2.06. The minimum absolute atomic E-state index is 0.0192. The van der Waals surface area contributed by atoms with Crippen molar-refractivity contribution >= 4 is 22.4 Å². The average Bonchev–Trinajstić information content (AvgIpc) is 2.97. The molecule has 0 N–H and O–H groups in total. The fourth-order valence-corrected chi connectivity index (χ4v) is 2.80. The van der Waals surface area contributed by atoms with Gasteiger partial charge in [-0.05, 0) is 37.6 Å². The van der Waals surface area contributed by atoms with Gasteiger partial charge in [0.1, 0.15) is 11.8 Å². The van der Waals surface area contributed by atoms with Crippen LogP contribution in [0.25, 0.3) is 16.4 Å². The molecule has 0 atom stereocenters. The second-order valence-electron chi connectivity index (χ2n) is 5.45. The number of ether oxygens (including phenoxy) is 2. The number of nitrogens with zero attached hydrogens (tertiary/aromatic N) is 2. The van der Waals surface area contributed by atoms with Gasteiger partial charge >= 0.3 is 5.97 Å². The SMILES string of the molecule is C/C=C/CCOC(=O)c1c2ccc(OCC#N)cc2n2ccccc12. The van der Waals surface area contributed by atoms with Gasteiger partial charge in [0.2, 0.25) is 0 Å². The molecule has 0 aliphatic carbocycles. The normalized spacial score (nSPS) is 11.0. The molecular weight excluding hydrogens is 316 g/mol. The molecular formula is C20H18N2O3. The minimum Gasteiger partial charge on any atom is -0.479 e. The molecule has 0 radical (unpaired) electrons. The first-order valence-corrected chi connectivity index (χ1v) is 8.07. The maximum Gasteiger partial charge on any atom is 0.340 e. The third kappa shape index (κ3) is 3.33. The molecule has 0 spiro atoms. The number of hydrogen-bond acceptors (Lipinski definition) is 4. The number of aromatic nitrogens is 1. The number of carbonyl (C=O) groups excluding carboxylic acids is 1. The van der Waals surface area contributed by atoms with Gasteiger partial charge in [-0.1, -0.05) is 18.2 Å². The highest BCUT2D eigenvalue weighted by Crippen LogP contribution is 2.30. The number of carbonyl (C=O) groups is 1. The summed E-state index contributed by atoms with van der Waals surface area (Å²) in [5.74, 6) is 0.249. The largest absolute Gasteiger partial charge is 0.479 e. The minimum atomic E-state index is -0.339. The Balaban J connectivity index is 2.04. The third-order valence-electron chi connectivity index (χ3n) is 3.87. The highest BCUT2D eigenvalue weighted by molar-refractivity contribution is 6.11. The monoisotopic (exact) mass is 334 g/mol. The van der Waals surface area contributed by atoms with Crippen LogP contribution < -0.4 is 4.74 Å². The van der Waals surface area contributed by atoms with E-state index < -0.39 is 0 Å². The lowest BCUT2D eigenvalue weighted by molar-refractivity contribution is 0.0516. The van der Waals surface area contributed by atoms with Gasteiger partial charge in [0.05, 0.1) is 23.2 Å². The zero-order valence-corrected chi connectivity index (χ0v) is 13.9. The predicted octanol–water partition coefficient (Wildman–Crippen LogP) is 4.12. The van der Waals surface area contributed by atoms with Crippen molar-refractivity contribution in [3.8, 4) is 11.8 Å². The first-order chi connectivity index (χ1) is 12.3. The molecule has 0 saturated heterocycles. The Kier molecular flexibility index (Phi) is 5.00. The molecule has 3 rings (SSSR count). The molecule has 126 valence electrons. The Labute approximate surface area is 145 Å². The summed E-state index contributed by atoms with van der Waals surface area (Å²) < 4.78 is 12.7. The Hall–Kier alpha value is -3.26. The fourth-order valence-electron chi connectivity index (χ4n) is 2.80. The Morgan fingerprint density at radius 3 is 2.96 bits per heavy atom. The van der Waals surface area contributed by atoms with Crippen molar-refractivity contribution in [1.82, 2.24) is 4.40 Å². The maximum atomic E-state index is 12.6. The molecule has 5 heteroatoms. The van der Waals surface area contributed by atoms with E-state index in [1.54, 1.807) is 6.07 Å². The van der Waals surface area contributed by atoms with Crippen molar-refractivity contribution in [1.29, 1.82) is 5.26 Å². The predicted molar refractivity (Wildman–Crippen MR) is 95.7 cm³/mol. The molecule has 25 heavy (non-hydrogen) atoms. The van der Waals surface area contributed by atoms with Crippen LogP contribution in [0.1, 0.15) is 23.7 Å². The van der Waals surface area contributed by atoms with Crippen LogP contribution >= 0.6 is 0 Å². The lowest BCUT2D eigenvalue weighted by atomic mass is 10.1. The average molecular weight is 334 g/mol. The highest BCUT2D eigenvalue weighted by Gasteiger charge is 2.19. The van der Waals surface area contributed by atoms with E-state index in [2.05, 4.69) is 0 Å². The molecule has 3 aromatic rings. The van der Waals surface area contributed by atoms with Gasteiger partial charge in [0.25, 0.3) is 0 Å². The van der Waals surface area contributed by atoms with Crippen molar-refractivity contribution < 1.29 is 14.3 Å². The number of pyridine rings is 1. The standard InChI is InChI=1S/C20H18N2O3/c1-2-3-6-12-25-20(23)19-16-9-8-15(24-13-10-21)14-18(16)22-11-5-4-7-17(19)22/h2-5,7-9,11,14H,6,12-13H2,1H3/b3-2+. The molecule has 0 bridgehead atoms. The third-order valence-corrected chi connectivity index (χ3v) is 3.87. The van der Waals surface area contributed by atoms with E-state index in [1.807, 2.05) is 66.1 Å². The number of hydrogen-bond donors (Lipinski definition) is 0. The van der Waals surface area contributed by atoms with Gasteiger partial charge < -0.3 is 13.9 Å². The van der Waals surface area contributed by atoms with Gasteiger partial charge in [0, 0.05) is 17.6 Å². The van der Waals surface area contributed by atoms with Crippen molar-refractivity contribution in [2.75, 3.05) is 13.2 Å². The summed E-state index contributed by atoms with van der Waals surface area (Å²) in [7, 11) is 0. The molecule has 0 saturated carbocycles. The molecule has 2 aromatic heterocycles. The molecule has 2 heterocycles. The van der Waals surface area contributed by atoms with E-state index in [0.717, 1.165) is 16.4 Å². The Morgan fingerprint density at radius 2 is 2.16 bits per heavy atom. The van der Waals surface area contributed by atoms with Gasteiger partial charge in [-0.15, -0.1) is 0 Å². The zero-order chi connectivity index (χ0) is 17.6. The summed E-state index contributed by atoms with van der Waals surface area (Å²) in [5.41, 5.74) is 2.17. The van der Waals surface area contributed by atoms with Crippen molar-refractivity contribution in [3.05, 3.63) is 60.3 Å². The summed E-state index contributed by atoms with van der Waals surface area (Å²) in [4.78, 5) is 12.6. The number of nitriles is 1. The quantitative estimate of drug-likeness (QED) is 0.386. The number of benzene rings is 1. The highest BCUT2D eigenvalue weighted by atomic mass is 16.5. The number of fused-ring (bicyclic) bond motifs is 3. The second kappa shape index (κ2) is 7.54. The fraction of sp³-hybridized carbons (Fsp3) is 0.200. The number of esters is 1.